The summed E-state index contributed by atoms with van der Waals surface area (Å²) in [6.45, 7) is 1.35. The summed E-state index contributed by atoms with van der Waals surface area (Å²) in [4.78, 5) is 25.5. The predicted octanol–water partition coefficient (Wildman–Crippen LogP) is 3.23. The molecule has 2 aromatic rings. The third-order valence-corrected chi connectivity index (χ3v) is 4.55. The number of ether oxygens (including phenoxy) is 2. The van der Waals surface area contributed by atoms with Crippen molar-refractivity contribution in [3.05, 3.63) is 64.7 Å². The van der Waals surface area contributed by atoms with E-state index in [0.29, 0.717) is 36.1 Å². The molecule has 6 nitrogen and oxygen atoms in total. The van der Waals surface area contributed by atoms with Gasteiger partial charge in [-0.1, -0.05) is 29.8 Å². The number of carbonyl (C=O) groups excluding carboxylic acids is 1. The van der Waals surface area contributed by atoms with E-state index in [-0.39, 0.29) is 18.9 Å². The van der Waals surface area contributed by atoms with Crippen molar-refractivity contribution >= 4 is 23.5 Å². The van der Waals surface area contributed by atoms with Crippen molar-refractivity contribution in [3.8, 4) is 5.75 Å². The second-order valence-electron chi connectivity index (χ2n) is 6.27. The highest BCUT2D eigenvalue weighted by Gasteiger charge is 2.29. The largest absolute Gasteiger partial charge is 0.489 e. The Morgan fingerprint density at radius 3 is 2.74 bits per heavy atom. The molecule has 1 saturated heterocycles. The topological polar surface area (TPSA) is 76.1 Å². The molecule has 0 bridgehead atoms. The summed E-state index contributed by atoms with van der Waals surface area (Å²) in [6, 6.07) is 13.8. The monoisotopic (exact) mass is 389 g/mol. The number of halogens is 1. The Balaban J connectivity index is 1.68. The van der Waals surface area contributed by atoms with E-state index in [2.05, 4.69) is 0 Å². The summed E-state index contributed by atoms with van der Waals surface area (Å²) in [7, 11) is 0. The maximum Gasteiger partial charge on any atom is 0.305 e. The molecule has 0 radical (unpaired) electrons. The van der Waals surface area contributed by atoms with Crippen molar-refractivity contribution in [2.75, 3.05) is 19.8 Å². The molecule has 1 aliphatic rings. The van der Waals surface area contributed by atoms with E-state index in [1.165, 1.54) is 0 Å². The molecule has 0 spiro atoms. The number of morpholine rings is 1. The smallest absolute Gasteiger partial charge is 0.305 e. The molecule has 3 rings (SSSR count). The van der Waals surface area contributed by atoms with Crippen molar-refractivity contribution in [2.45, 2.75) is 19.1 Å². The average molecular weight is 390 g/mol. The Labute approximate surface area is 162 Å². The first-order chi connectivity index (χ1) is 13.0. The number of aliphatic carboxylic acids is 1. The summed E-state index contributed by atoms with van der Waals surface area (Å²) in [5.41, 5.74) is 1.42. The minimum absolute atomic E-state index is 0.140. The quantitative estimate of drug-likeness (QED) is 0.820. The van der Waals surface area contributed by atoms with Crippen molar-refractivity contribution < 1.29 is 24.2 Å². The van der Waals surface area contributed by atoms with Crippen LogP contribution in [0, 0.1) is 0 Å². The minimum Gasteiger partial charge on any atom is -0.489 e. The van der Waals surface area contributed by atoms with Crippen molar-refractivity contribution in [1.29, 1.82) is 0 Å². The van der Waals surface area contributed by atoms with E-state index in [1.54, 1.807) is 41.3 Å². The number of nitrogens with zero attached hydrogens (tertiary/aromatic N) is 1. The maximum absolute atomic E-state index is 12.9. The summed E-state index contributed by atoms with van der Waals surface area (Å²) in [5, 5.41) is 9.71. The summed E-state index contributed by atoms with van der Waals surface area (Å²) in [6.07, 6.45) is -0.140. The zero-order valence-electron chi connectivity index (χ0n) is 14.6. The Morgan fingerprint density at radius 1 is 1.22 bits per heavy atom. The van der Waals surface area contributed by atoms with Crippen LogP contribution in [0.15, 0.2) is 48.5 Å². The predicted molar refractivity (Wildman–Crippen MR) is 100 cm³/mol. The van der Waals surface area contributed by atoms with Crippen LogP contribution in [0.2, 0.25) is 5.02 Å². The van der Waals surface area contributed by atoms with Gasteiger partial charge < -0.3 is 19.5 Å². The Kier molecular flexibility index (Phi) is 6.32. The Hall–Kier alpha value is -2.57. The van der Waals surface area contributed by atoms with Crippen LogP contribution in [-0.4, -0.2) is 47.7 Å². The fourth-order valence-corrected chi connectivity index (χ4v) is 3.05. The average Bonchev–Trinajstić information content (AvgIpc) is 2.67. The fraction of sp³-hybridized carbons (Fsp3) is 0.300. The van der Waals surface area contributed by atoms with E-state index in [0.717, 1.165) is 5.56 Å². The van der Waals surface area contributed by atoms with Gasteiger partial charge in [-0.15, -0.1) is 0 Å². The molecule has 2 aromatic carbocycles. The molecular weight excluding hydrogens is 370 g/mol. The van der Waals surface area contributed by atoms with Gasteiger partial charge in [0.15, 0.2) is 0 Å². The van der Waals surface area contributed by atoms with Gasteiger partial charge in [-0.2, -0.15) is 0 Å². The second-order valence-corrected chi connectivity index (χ2v) is 6.70. The summed E-state index contributed by atoms with van der Waals surface area (Å²) < 4.78 is 11.1. The van der Waals surface area contributed by atoms with Crippen LogP contribution in [0.4, 0.5) is 0 Å². The zero-order valence-corrected chi connectivity index (χ0v) is 15.4. The SMILES string of the molecule is O=C(O)CC1COCCN1C(=O)c1cccc(OCc2ccc(Cl)cc2)c1. The number of rotatable bonds is 6. The van der Waals surface area contributed by atoms with Crippen LogP contribution >= 0.6 is 11.6 Å². The highest BCUT2D eigenvalue weighted by atomic mass is 35.5. The lowest BCUT2D eigenvalue weighted by atomic mass is 10.1. The van der Waals surface area contributed by atoms with Gasteiger partial charge in [0.1, 0.15) is 12.4 Å². The molecule has 1 fully saturated rings. The van der Waals surface area contributed by atoms with Crippen LogP contribution in [0.1, 0.15) is 22.3 Å². The van der Waals surface area contributed by atoms with Gasteiger partial charge in [-0.05, 0) is 35.9 Å². The molecule has 1 unspecified atom stereocenters. The molecule has 1 heterocycles. The van der Waals surface area contributed by atoms with E-state index in [1.807, 2.05) is 12.1 Å². The molecule has 27 heavy (non-hydrogen) atoms. The number of carboxylic acids is 1. The molecule has 142 valence electrons. The molecule has 0 aromatic heterocycles. The highest BCUT2D eigenvalue weighted by molar-refractivity contribution is 6.30. The third-order valence-electron chi connectivity index (χ3n) is 4.30. The Morgan fingerprint density at radius 2 is 2.00 bits per heavy atom. The van der Waals surface area contributed by atoms with Crippen LogP contribution in [-0.2, 0) is 16.1 Å². The summed E-state index contributed by atoms with van der Waals surface area (Å²) >= 11 is 5.87. The number of hydrogen-bond acceptors (Lipinski definition) is 4. The molecular formula is C20H20ClNO5. The maximum atomic E-state index is 12.9. The van der Waals surface area contributed by atoms with Gasteiger partial charge >= 0.3 is 5.97 Å². The standard InChI is InChI=1S/C20H20ClNO5/c21-16-6-4-14(5-7-16)12-27-18-3-1-2-15(10-18)20(25)22-8-9-26-13-17(22)11-19(23)24/h1-7,10,17H,8-9,11-13H2,(H,23,24). The molecule has 0 aliphatic carbocycles. The lowest BCUT2D eigenvalue weighted by Gasteiger charge is -2.34. The van der Waals surface area contributed by atoms with E-state index >= 15 is 0 Å². The first-order valence-corrected chi connectivity index (χ1v) is 8.98. The number of amides is 1. The van der Waals surface area contributed by atoms with Crippen LogP contribution in [0.5, 0.6) is 5.75 Å². The van der Waals surface area contributed by atoms with Gasteiger partial charge in [-0.3, -0.25) is 9.59 Å². The molecule has 1 N–H and O–H groups in total. The second kappa shape index (κ2) is 8.88. The van der Waals surface area contributed by atoms with Crippen LogP contribution < -0.4 is 4.74 Å². The van der Waals surface area contributed by atoms with Crippen LogP contribution in [0.25, 0.3) is 0 Å². The molecule has 1 aliphatic heterocycles. The lowest BCUT2D eigenvalue weighted by Crippen LogP contribution is -2.49. The number of carbonyl (C=O) groups is 2. The molecule has 7 heteroatoms. The first-order valence-electron chi connectivity index (χ1n) is 8.61. The van der Waals surface area contributed by atoms with Crippen molar-refractivity contribution in [3.63, 3.8) is 0 Å². The normalized spacial score (nSPS) is 16.8. The minimum atomic E-state index is -0.955. The van der Waals surface area contributed by atoms with Crippen LogP contribution in [0.3, 0.4) is 0 Å². The zero-order chi connectivity index (χ0) is 19.2. The van der Waals surface area contributed by atoms with E-state index in [9.17, 15) is 9.59 Å². The fourth-order valence-electron chi connectivity index (χ4n) is 2.92. The summed E-state index contributed by atoms with van der Waals surface area (Å²) in [5.74, 6) is -0.608. The molecule has 1 amide bonds. The van der Waals surface area contributed by atoms with Gasteiger partial charge in [-0.25, -0.2) is 0 Å². The van der Waals surface area contributed by atoms with E-state index in [4.69, 9.17) is 26.2 Å². The number of carboxylic acid groups (broad SMARTS) is 1. The van der Waals surface area contributed by atoms with Gasteiger partial charge in [0.2, 0.25) is 0 Å². The van der Waals surface area contributed by atoms with E-state index < -0.39 is 12.0 Å². The van der Waals surface area contributed by atoms with Gasteiger partial charge in [0.05, 0.1) is 25.7 Å². The Bertz CT molecular complexity index is 808. The number of benzene rings is 2. The molecule has 1 atom stereocenters. The highest BCUT2D eigenvalue weighted by Crippen LogP contribution is 2.20. The lowest BCUT2D eigenvalue weighted by molar-refractivity contribution is -0.139. The van der Waals surface area contributed by atoms with Crippen molar-refractivity contribution in [1.82, 2.24) is 4.90 Å². The molecule has 0 saturated carbocycles. The third kappa shape index (κ3) is 5.21. The van der Waals surface area contributed by atoms with Gasteiger partial charge in [0.25, 0.3) is 5.91 Å². The first kappa shape index (κ1) is 19.2. The van der Waals surface area contributed by atoms with Gasteiger partial charge in [0, 0.05) is 17.1 Å². The van der Waals surface area contributed by atoms with Crippen molar-refractivity contribution in [2.24, 2.45) is 0 Å². The number of hydrogen-bond donors (Lipinski definition) is 1.